The third-order valence-corrected chi connectivity index (χ3v) is 7.67. The second kappa shape index (κ2) is 17.6. The second-order valence-corrected chi connectivity index (χ2v) is 10.8. The fraction of sp³-hybridized carbons (Fsp3) is 0.250. The highest BCUT2D eigenvalue weighted by Gasteiger charge is 2.26. The van der Waals surface area contributed by atoms with Crippen molar-refractivity contribution in [2.75, 3.05) is 13.2 Å². The SMILES string of the molecule is CCOC(=O)/C(=C(/C)c1ccccc1C)C(O)c1ccccc1.CCOC(=O)/C(=C(\C)c1ccccc1C)C(O)c1ccccc1. The highest BCUT2D eigenvalue weighted by atomic mass is 16.5. The fourth-order valence-electron chi connectivity index (χ4n) is 5.24. The topological polar surface area (TPSA) is 93.1 Å². The van der Waals surface area contributed by atoms with Gasteiger partial charge in [0, 0.05) is 0 Å². The lowest BCUT2D eigenvalue weighted by Gasteiger charge is -2.18. The molecule has 0 aromatic heterocycles. The van der Waals surface area contributed by atoms with E-state index in [9.17, 15) is 19.8 Å². The van der Waals surface area contributed by atoms with Gasteiger partial charge < -0.3 is 19.7 Å². The van der Waals surface area contributed by atoms with Crippen molar-refractivity contribution < 1.29 is 29.3 Å². The van der Waals surface area contributed by atoms with Gasteiger partial charge in [-0.1, -0.05) is 109 Å². The minimum absolute atomic E-state index is 0.269. The molecule has 0 aliphatic carbocycles. The van der Waals surface area contributed by atoms with Crippen molar-refractivity contribution in [1.82, 2.24) is 0 Å². The Kier molecular flexibility index (Phi) is 13.7. The van der Waals surface area contributed by atoms with Gasteiger partial charge in [0.15, 0.2) is 0 Å². The van der Waals surface area contributed by atoms with Crippen molar-refractivity contribution in [1.29, 1.82) is 0 Å². The molecule has 0 saturated carbocycles. The summed E-state index contributed by atoms with van der Waals surface area (Å²) >= 11 is 0. The van der Waals surface area contributed by atoms with Crippen LogP contribution in [0.2, 0.25) is 0 Å². The lowest BCUT2D eigenvalue weighted by molar-refractivity contribution is -0.140. The van der Waals surface area contributed by atoms with E-state index in [4.69, 9.17) is 9.47 Å². The second-order valence-electron chi connectivity index (χ2n) is 10.8. The maximum atomic E-state index is 12.4. The summed E-state index contributed by atoms with van der Waals surface area (Å²) in [6.07, 6.45) is -2.04. The molecule has 46 heavy (non-hydrogen) atoms. The highest BCUT2D eigenvalue weighted by Crippen LogP contribution is 2.32. The molecule has 4 aromatic rings. The van der Waals surface area contributed by atoms with Crippen molar-refractivity contribution >= 4 is 23.1 Å². The fourth-order valence-corrected chi connectivity index (χ4v) is 5.24. The van der Waals surface area contributed by atoms with Gasteiger partial charge in [-0.2, -0.15) is 0 Å². The Balaban J connectivity index is 0.000000250. The molecule has 0 spiro atoms. The Morgan fingerprint density at radius 2 is 0.848 bits per heavy atom. The third-order valence-electron chi connectivity index (χ3n) is 7.67. The number of rotatable bonds is 10. The molecule has 0 bridgehead atoms. The van der Waals surface area contributed by atoms with Gasteiger partial charge >= 0.3 is 11.9 Å². The number of ether oxygens (including phenoxy) is 2. The molecule has 0 fully saturated rings. The molecular formula is C40H44O6. The standard InChI is InChI=1S/2C20H22O3/c2*1-4-23-20(22)18(19(21)16-11-6-5-7-12-16)15(3)17-13-9-8-10-14(17)2/h2*5-13,19,21H,4H2,1-3H3/b18-15+;18-15-. The largest absolute Gasteiger partial charge is 0.463 e. The predicted octanol–water partition coefficient (Wildman–Crippen LogP) is 8.13. The molecular weight excluding hydrogens is 576 g/mol. The van der Waals surface area contributed by atoms with E-state index in [2.05, 4.69) is 0 Å². The van der Waals surface area contributed by atoms with E-state index in [1.54, 1.807) is 38.1 Å². The average Bonchev–Trinajstić information content (AvgIpc) is 3.06. The van der Waals surface area contributed by atoms with Crippen LogP contribution in [0.4, 0.5) is 0 Å². The van der Waals surface area contributed by atoms with Crippen molar-refractivity contribution in [2.45, 2.75) is 53.8 Å². The van der Waals surface area contributed by atoms with Crippen LogP contribution in [0.15, 0.2) is 120 Å². The number of hydrogen-bond donors (Lipinski definition) is 2. The molecule has 0 radical (unpaired) electrons. The summed E-state index contributed by atoms with van der Waals surface area (Å²) in [5.74, 6) is -0.964. The summed E-state index contributed by atoms with van der Waals surface area (Å²) in [7, 11) is 0. The number of allylic oxidation sites excluding steroid dienone is 2. The van der Waals surface area contributed by atoms with Crippen LogP contribution in [0.25, 0.3) is 11.1 Å². The van der Waals surface area contributed by atoms with E-state index in [1.165, 1.54) is 0 Å². The van der Waals surface area contributed by atoms with E-state index in [1.807, 2.05) is 113 Å². The van der Waals surface area contributed by atoms with Gasteiger partial charge in [0.05, 0.1) is 24.4 Å². The molecule has 2 unspecified atom stereocenters. The Labute approximate surface area is 272 Å². The predicted molar refractivity (Wildman–Crippen MR) is 184 cm³/mol. The van der Waals surface area contributed by atoms with E-state index in [0.29, 0.717) is 11.1 Å². The smallest absolute Gasteiger partial charge is 0.337 e. The molecule has 4 rings (SSSR count). The van der Waals surface area contributed by atoms with E-state index < -0.39 is 24.1 Å². The first-order valence-corrected chi connectivity index (χ1v) is 15.5. The van der Waals surface area contributed by atoms with Crippen molar-refractivity contribution in [2.24, 2.45) is 0 Å². The normalized spacial score (nSPS) is 13.2. The van der Waals surface area contributed by atoms with Crippen LogP contribution in [-0.2, 0) is 19.1 Å². The van der Waals surface area contributed by atoms with Crippen LogP contribution < -0.4 is 0 Å². The molecule has 2 atom stereocenters. The van der Waals surface area contributed by atoms with Gasteiger partial charge in [-0.15, -0.1) is 0 Å². The van der Waals surface area contributed by atoms with Crippen LogP contribution in [0, 0.1) is 13.8 Å². The molecule has 0 aliphatic rings. The van der Waals surface area contributed by atoms with Crippen LogP contribution in [0.5, 0.6) is 0 Å². The maximum Gasteiger partial charge on any atom is 0.337 e. The molecule has 0 heterocycles. The zero-order chi connectivity index (χ0) is 33.6. The molecule has 0 amide bonds. The van der Waals surface area contributed by atoms with Crippen LogP contribution in [-0.4, -0.2) is 35.4 Å². The quantitative estimate of drug-likeness (QED) is 0.137. The number of aliphatic hydroxyl groups is 2. The molecule has 6 nitrogen and oxygen atoms in total. The number of benzene rings is 4. The van der Waals surface area contributed by atoms with Crippen LogP contribution in [0.3, 0.4) is 0 Å². The molecule has 6 heteroatoms. The molecule has 0 saturated heterocycles. The molecule has 0 aliphatic heterocycles. The minimum atomic E-state index is -1.02. The van der Waals surface area contributed by atoms with Crippen molar-refractivity contribution in [3.8, 4) is 0 Å². The Bertz CT molecular complexity index is 1530. The minimum Gasteiger partial charge on any atom is -0.463 e. The average molecular weight is 621 g/mol. The molecule has 4 aromatic carbocycles. The summed E-state index contributed by atoms with van der Waals surface area (Å²) in [4.78, 5) is 24.9. The number of esters is 2. The number of hydrogen-bond acceptors (Lipinski definition) is 6. The molecule has 240 valence electrons. The summed E-state index contributed by atoms with van der Waals surface area (Å²) < 4.78 is 10.3. The lowest BCUT2D eigenvalue weighted by atomic mass is 9.91. The summed E-state index contributed by atoms with van der Waals surface area (Å²) in [6, 6.07) is 33.9. The molecule has 2 N–H and O–H groups in total. The number of carbonyl (C=O) groups excluding carboxylic acids is 2. The van der Waals surface area contributed by atoms with Crippen molar-refractivity contribution in [3.63, 3.8) is 0 Å². The number of aryl methyl sites for hydroxylation is 2. The Morgan fingerprint density at radius 3 is 1.15 bits per heavy atom. The van der Waals surface area contributed by atoms with Crippen molar-refractivity contribution in [3.05, 3.63) is 154 Å². The van der Waals surface area contributed by atoms with E-state index >= 15 is 0 Å². The van der Waals surface area contributed by atoms with Gasteiger partial charge in [-0.05, 0) is 86.1 Å². The maximum absolute atomic E-state index is 12.4. The van der Waals surface area contributed by atoms with Gasteiger partial charge in [-0.25, -0.2) is 9.59 Å². The third kappa shape index (κ3) is 9.13. The summed E-state index contributed by atoms with van der Waals surface area (Å²) in [6.45, 7) is 11.7. The van der Waals surface area contributed by atoms with Crippen LogP contribution in [0.1, 0.15) is 73.3 Å². The van der Waals surface area contributed by atoms with Gasteiger partial charge in [-0.3, -0.25) is 0 Å². The first-order valence-electron chi connectivity index (χ1n) is 15.5. The van der Waals surface area contributed by atoms with Gasteiger partial charge in [0.1, 0.15) is 12.2 Å². The highest BCUT2D eigenvalue weighted by molar-refractivity contribution is 5.99. The Hall–Kier alpha value is -4.78. The number of aliphatic hydroxyl groups excluding tert-OH is 2. The monoisotopic (exact) mass is 620 g/mol. The Morgan fingerprint density at radius 1 is 0.543 bits per heavy atom. The van der Waals surface area contributed by atoms with Gasteiger partial charge in [0.25, 0.3) is 0 Å². The number of carbonyl (C=O) groups is 2. The lowest BCUT2D eigenvalue weighted by Crippen LogP contribution is -2.16. The summed E-state index contributed by atoms with van der Waals surface area (Å²) in [5.41, 5.74) is 7.35. The van der Waals surface area contributed by atoms with Gasteiger partial charge in [0.2, 0.25) is 0 Å². The van der Waals surface area contributed by atoms with E-state index in [-0.39, 0.29) is 24.4 Å². The first-order chi connectivity index (χ1) is 22.1. The van der Waals surface area contributed by atoms with E-state index in [0.717, 1.165) is 33.4 Å². The first kappa shape index (κ1) is 35.7. The van der Waals surface area contributed by atoms with Crippen LogP contribution >= 0.6 is 0 Å². The zero-order valence-electron chi connectivity index (χ0n) is 27.5. The summed E-state index contributed by atoms with van der Waals surface area (Å²) in [5, 5.41) is 21.5. The zero-order valence-corrected chi connectivity index (χ0v) is 27.5.